The number of halogens is 4. The Balaban J connectivity index is 1.40. The second-order valence-electron chi connectivity index (χ2n) is 10.0. The van der Waals surface area contributed by atoms with Crippen molar-refractivity contribution in [3.05, 3.63) is 83.4 Å². The van der Waals surface area contributed by atoms with Crippen LogP contribution in [-0.4, -0.2) is 53.7 Å². The Morgan fingerprint density at radius 2 is 1.77 bits per heavy atom. The van der Waals surface area contributed by atoms with Crippen molar-refractivity contribution in [1.82, 2.24) is 4.90 Å². The molecule has 2 N–H and O–H groups in total. The molecule has 0 aliphatic carbocycles. The maximum Gasteiger partial charge on any atom is 0.407 e. The molecule has 2 heterocycles. The Morgan fingerprint density at radius 3 is 2.44 bits per heavy atom. The molecule has 0 saturated carbocycles. The number of aromatic hydroxyl groups is 2. The van der Waals surface area contributed by atoms with E-state index in [2.05, 4.69) is 0 Å². The quantitative estimate of drug-likeness (QED) is 0.323. The summed E-state index contributed by atoms with van der Waals surface area (Å²) >= 11 is 0. The molecule has 0 amide bonds. The highest BCUT2D eigenvalue weighted by Gasteiger charge is 2.46. The van der Waals surface area contributed by atoms with Gasteiger partial charge < -0.3 is 19.7 Å². The molecule has 3 aromatic carbocycles. The first-order valence-corrected chi connectivity index (χ1v) is 12.7. The zero-order valence-corrected chi connectivity index (χ0v) is 21.3. The largest absolute Gasteiger partial charge is 0.508 e. The first-order valence-electron chi connectivity index (χ1n) is 12.7. The Hall–Kier alpha value is -3.72. The fourth-order valence-corrected chi connectivity index (χ4v) is 5.31. The Labute approximate surface area is 223 Å². The van der Waals surface area contributed by atoms with Crippen molar-refractivity contribution in [2.24, 2.45) is 5.92 Å². The maximum absolute atomic E-state index is 13.8. The van der Waals surface area contributed by atoms with Gasteiger partial charge in [-0.25, -0.2) is 0 Å². The molecule has 0 spiro atoms. The molecule has 5 rings (SSSR count). The van der Waals surface area contributed by atoms with E-state index in [1.165, 1.54) is 11.0 Å². The standard InChI is InChI=1S/C30H29F4NO4/c1-18-25-14-23(37)7-10-26(25)39-29(28(18)21-3-2-4-22(36)13-21)20-5-8-24(9-6-20)38-17-27(30(32,33)34)35-12-11-19(15-31)16-35/h2-10,13-14,19,27,29,36-37H,11-12,15-17H2,1H3. The summed E-state index contributed by atoms with van der Waals surface area (Å²) in [6, 6.07) is 16.5. The molecule has 3 aromatic rings. The van der Waals surface area contributed by atoms with Crippen LogP contribution in [0, 0.1) is 5.92 Å². The fourth-order valence-electron chi connectivity index (χ4n) is 5.31. The minimum atomic E-state index is -4.50. The fraction of sp³-hybridized carbons (Fsp3) is 0.333. The highest BCUT2D eigenvalue weighted by atomic mass is 19.4. The first kappa shape index (κ1) is 26.9. The molecule has 0 aromatic heterocycles. The lowest BCUT2D eigenvalue weighted by Gasteiger charge is -2.31. The normalized spacial score (nSPS) is 20.4. The highest BCUT2D eigenvalue weighted by molar-refractivity contribution is 5.95. The average molecular weight is 544 g/mol. The number of allylic oxidation sites excluding steroid dienone is 1. The van der Waals surface area contributed by atoms with Gasteiger partial charge >= 0.3 is 6.18 Å². The SMILES string of the molecule is CC1=C(c2cccc(O)c2)C(c2ccc(OCC(N3CCC(CF)C3)C(F)(F)F)cc2)Oc2ccc(O)cc21. The van der Waals surface area contributed by atoms with Crippen LogP contribution in [0.15, 0.2) is 66.7 Å². The van der Waals surface area contributed by atoms with Crippen LogP contribution in [0.25, 0.3) is 11.1 Å². The van der Waals surface area contributed by atoms with Crippen LogP contribution in [0.4, 0.5) is 17.6 Å². The van der Waals surface area contributed by atoms with Crippen molar-refractivity contribution in [3.8, 4) is 23.0 Å². The van der Waals surface area contributed by atoms with Crippen molar-refractivity contribution in [2.45, 2.75) is 31.7 Å². The predicted molar refractivity (Wildman–Crippen MR) is 140 cm³/mol. The Kier molecular flexibility index (Phi) is 7.44. The van der Waals surface area contributed by atoms with Crippen LogP contribution in [0.5, 0.6) is 23.0 Å². The summed E-state index contributed by atoms with van der Waals surface area (Å²) in [6.45, 7) is 0.935. The van der Waals surface area contributed by atoms with Gasteiger partial charge in [-0.3, -0.25) is 9.29 Å². The van der Waals surface area contributed by atoms with Crippen LogP contribution in [-0.2, 0) is 0 Å². The summed E-state index contributed by atoms with van der Waals surface area (Å²) in [7, 11) is 0. The number of hydrogen-bond donors (Lipinski definition) is 2. The minimum absolute atomic E-state index is 0.0603. The topological polar surface area (TPSA) is 62.2 Å². The number of likely N-dealkylation sites (tertiary alicyclic amines) is 1. The number of ether oxygens (including phenoxy) is 2. The number of fused-ring (bicyclic) bond motifs is 1. The van der Waals surface area contributed by atoms with Crippen molar-refractivity contribution in [1.29, 1.82) is 0 Å². The van der Waals surface area contributed by atoms with Gasteiger partial charge in [0.25, 0.3) is 0 Å². The van der Waals surface area contributed by atoms with E-state index < -0.39 is 31.6 Å². The zero-order valence-electron chi connectivity index (χ0n) is 21.3. The molecule has 3 unspecified atom stereocenters. The molecular weight excluding hydrogens is 514 g/mol. The van der Waals surface area contributed by atoms with Gasteiger partial charge in [-0.1, -0.05) is 24.3 Å². The number of rotatable bonds is 7. The molecule has 206 valence electrons. The third-order valence-corrected chi connectivity index (χ3v) is 7.38. The second kappa shape index (κ2) is 10.8. The molecule has 39 heavy (non-hydrogen) atoms. The molecule has 2 aliphatic heterocycles. The van der Waals surface area contributed by atoms with Crippen molar-refractivity contribution in [2.75, 3.05) is 26.4 Å². The highest BCUT2D eigenvalue weighted by Crippen LogP contribution is 2.47. The number of phenols is 2. The van der Waals surface area contributed by atoms with Crippen LogP contribution < -0.4 is 9.47 Å². The van der Waals surface area contributed by atoms with E-state index in [0.29, 0.717) is 12.2 Å². The number of hydrogen-bond acceptors (Lipinski definition) is 5. The van der Waals surface area contributed by atoms with Gasteiger partial charge in [-0.05, 0) is 79.1 Å². The summed E-state index contributed by atoms with van der Waals surface area (Å²) in [5, 5.41) is 20.1. The smallest absolute Gasteiger partial charge is 0.407 e. The van der Waals surface area contributed by atoms with Gasteiger partial charge in [-0.2, -0.15) is 13.2 Å². The van der Waals surface area contributed by atoms with Gasteiger partial charge in [0.2, 0.25) is 0 Å². The molecule has 5 nitrogen and oxygen atoms in total. The van der Waals surface area contributed by atoms with Crippen LogP contribution in [0.3, 0.4) is 0 Å². The van der Waals surface area contributed by atoms with Crippen molar-refractivity contribution in [3.63, 3.8) is 0 Å². The predicted octanol–water partition coefficient (Wildman–Crippen LogP) is 6.76. The number of benzene rings is 3. The van der Waals surface area contributed by atoms with Gasteiger partial charge in [0.05, 0.1) is 6.67 Å². The van der Waals surface area contributed by atoms with E-state index in [4.69, 9.17) is 9.47 Å². The molecule has 9 heteroatoms. The lowest BCUT2D eigenvalue weighted by Crippen LogP contribution is -2.48. The van der Waals surface area contributed by atoms with Crippen molar-refractivity contribution >= 4 is 11.1 Å². The Morgan fingerprint density at radius 1 is 1.03 bits per heavy atom. The summed E-state index contributed by atoms with van der Waals surface area (Å²) < 4.78 is 66.2. The maximum atomic E-state index is 13.8. The molecule has 1 fully saturated rings. The summed E-state index contributed by atoms with van der Waals surface area (Å²) in [5.74, 6) is 0.654. The lowest BCUT2D eigenvalue weighted by atomic mass is 9.86. The monoisotopic (exact) mass is 543 g/mol. The van der Waals surface area contributed by atoms with Crippen LogP contribution in [0.1, 0.15) is 36.1 Å². The van der Waals surface area contributed by atoms with Gasteiger partial charge in [0.15, 0.2) is 0 Å². The zero-order chi connectivity index (χ0) is 27.7. The van der Waals surface area contributed by atoms with Gasteiger partial charge in [0, 0.05) is 23.6 Å². The lowest BCUT2D eigenvalue weighted by molar-refractivity contribution is -0.188. The minimum Gasteiger partial charge on any atom is -0.508 e. The van der Waals surface area contributed by atoms with E-state index in [1.54, 1.807) is 54.6 Å². The van der Waals surface area contributed by atoms with E-state index in [9.17, 15) is 27.8 Å². The average Bonchev–Trinajstić information content (AvgIpc) is 3.37. The summed E-state index contributed by atoms with van der Waals surface area (Å²) in [6.07, 6.45) is -4.68. The summed E-state index contributed by atoms with van der Waals surface area (Å²) in [4.78, 5) is 1.25. The van der Waals surface area contributed by atoms with Gasteiger partial charge in [-0.15, -0.1) is 0 Å². The van der Waals surface area contributed by atoms with Crippen molar-refractivity contribution < 1.29 is 37.2 Å². The third kappa shape index (κ3) is 5.68. The second-order valence-corrected chi connectivity index (χ2v) is 10.0. The molecule has 0 radical (unpaired) electrons. The van der Waals surface area contributed by atoms with E-state index in [0.717, 1.165) is 27.8 Å². The molecular formula is C30H29F4NO4. The molecule has 0 bridgehead atoms. The third-order valence-electron chi connectivity index (χ3n) is 7.38. The Bertz CT molecular complexity index is 1360. The number of nitrogens with zero attached hydrogens (tertiary/aromatic N) is 1. The van der Waals surface area contributed by atoms with Gasteiger partial charge in [0.1, 0.15) is 41.8 Å². The first-order chi connectivity index (χ1) is 18.6. The van der Waals surface area contributed by atoms with E-state index in [-0.39, 0.29) is 36.3 Å². The van der Waals surface area contributed by atoms with E-state index in [1.807, 2.05) is 13.0 Å². The number of alkyl halides is 4. The van der Waals surface area contributed by atoms with E-state index >= 15 is 0 Å². The number of phenolic OH excluding ortho intramolecular Hbond substituents is 2. The van der Waals surface area contributed by atoms with Crippen LogP contribution in [0.2, 0.25) is 0 Å². The molecule has 2 aliphatic rings. The summed E-state index contributed by atoms with van der Waals surface area (Å²) in [5.41, 5.74) is 3.83. The molecule has 3 atom stereocenters. The molecule has 1 saturated heterocycles. The van der Waals surface area contributed by atoms with Crippen LogP contribution >= 0.6 is 0 Å².